The second-order valence-electron chi connectivity index (χ2n) is 7.65. The third-order valence-corrected chi connectivity index (χ3v) is 5.81. The van der Waals surface area contributed by atoms with E-state index in [1.807, 2.05) is 12.1 Å². The van der Waals surface area contributed by atoms with Crippen molar-refractivity contribution < 1.29 is 13.5 Å². The van der Waals surface area contributed by atoms with Gasteiger partial charge in [0.05, 0.1) is 6.10 Å². The van der Waals surface area contributed by atoms with Crippen molar-refractivity contribution in [1.29, 1.82) is 0 Å². The van der Waals surface area contributed by atoms with E-state index in [-0.39, 0.29) is 6.10 Å². The van der Waals surface area contributed by atoms with Crippen LogP contribution in [-0.4, -0.2) is 45.5 Å². The third-order valence-electron chi connectivity index (χ3n) is 5.15. The van der Waals surface area contributed by atoms with Gasteiger partial charge in [-0.15, -0.1) is 0 Å². The van der Waals surface area contributed by atoms with Gasteiger partial charge in [-0.2, -0.15) is 0 Å². The van der Waals surface area contributed by atoms with Crippen molar-refractivity contribution >= 4 is 22.0 Å². The van der Waals surface area contributed by atoms with Crippen molar-refractivity contribution in [3.63, 3.8) is 0 Å². The van der Waals surface area contributed by atoms with Gasteiger partial charge >= 0.3 is 0 Å². The SMILES string of the molecule is CN(C)CCCOC(CCc1ccc(S(=O)[O-])cc1)c1cn(C)c2ccccc12. The number of benzene rings is 2. The monoisotopic (exact) mass is 413 g/mol. The average molecular weight is 414 g/mol. The van der Waals surface area contributed by atoms with Crippen molar-refractivity contribution in [3.05, 3.63) is 65.9 Å². The number of hydrogen-bond acceptors (Lipinski definition) is 4. The molecule has 5 nitrogen and oxygen atoms in total. The fourth-order valence-corrected chi connectivity index (χ4v) is 3.99. The van der Waals surface area contributed by atoms with E-state index < -0.39 is 11.1 Å². The van der Waals surface area contributed by atoms with Gasteiger partial charge in [-0.3, -0.25) is 4.21 Å². The molecule has 0 aliphatic rings. The molecule has 0 aliphatic heterocycles. The number of rotatable bonds is 10. The molecular weight excluding hydrogens is 384 g/mol. The van der Waals surface area contributed by atoms with Gasteiger partial charge < -0.3 is 18.8 Å². The lowest BCUT2D eigenvalue weighted by atomic mass is 10.0. The zero-order valence-corrected chi connectivity index (χ0v) is 18.2. The van der Waals surface area contributed by atoms with Gasteiger partial charge in [-0.1, -0.05) is 30.3 Å². The van der Waals surface area contributed by atoms with Crippen LogP contribution in [0.5, 0.6) is 0 Å². The Bertz CT molecular complexity index is 950. The molecule has 0 radical (unpaired) electrons. The highest BCUT2D eigenvalue weighted by Gasteiger charge is 2.18. The summed E-state index contributed by atoms with van der Waals surface area (Å²) in [5, 5.41) is 1.23. The van der Waals surface area contributed by atoms with Gasteiger partial charge in [0.15, 0.2) is 0 Å². The topological polar surface area (TPSA) is 57.5 Å². The van der Waals surface area contributed by atoms with Crippen LogP contribution in [0.15, 0.2) is 59.6 Å². The molecule has 3 rings (SSSR count). The molecule has 0 saturated heterocycles. The summed E-state index contributed by atoms with van der Waals surface area (Å²) in [6.45, 7) is 1.70. The highest BCUT2D eigenvalue weighted by atomic mass is 32.2. The predicted molar refractivity (Wildman–Crippen MR) is 117 cm³/mol. The van der Waals surface area contributed by atoms with Crippen LogP contribution in [0.1, 0.15) is 30.1 Å². The predicted octanol–water partition coefficient (Wildman–Crippen LogP) is 4.06. The second kappa shape index (κ2) is 10.2. The number of hydrogen-bond donors (Lipinski definition) is 0. The first-order valence-corrected chi connectivity index (χ1v) is 11.0. The zero-order chi connectivity index (χ0) is 20.8. The highest BCUT2D eigenvalue weighted by molar-refractivity contribution is 7.79. The van der Waals surface area contributed by atoms with E-state index in [0.29, 0.717) is 11.5 Å². The van der Waals surface area contributed by atoms with Crippen LogP contribution < -0.4 is 0 Å². The van der Waals surface area contributed by atoms with Crippen LogP contribution in [0.3, 0.4) is 0 Å². The molecule has 0 fully saturated rings. The molecule has 0 saturated carbocycles. The molecule has 0 N–H and O–H groups in total. The molecule has 0 spiro atoms. The summed E-state index contributed by atoms with van der Waals surface area (Å²) < 4.78 is 30.6. The van der Waals surface area contributed by atoms with Gasteiger partial charge in [0.1, 0.15) is 0 Å². The van der Waals surface area contributed by atoms with E-state index in [1.54, 1.807) is 12.1 Å². The van der Waals surface area contributed by atoms with Gasteiger partial charge in [0.25, 0.3) is 0 Å². The molecule has 2 aromatic carbocycles. The fourth-order valence-electron chi connectivity index (χ4n) is 3.63. The van der Waals surface area contributed by atoms with Crippen LogP contribution in [0.25, 0.3) is 10.9 Å². The minimum atomic E-state index is -2.18. The standard InChI is InChI=1S/C23H30N2O3S/c1-24(2)15-6-16-28-23(14-11-18-9-12-19(13-10-18)29(26)27)21-17-25(3)22-8-5-4-7-20(21)22/h4-5,7-10,12-13,17,23H,6,11,14-16H2,1-3H3,(H,26,27)/p-1. The molecule has 2 unspecified atom stereocenters. The molecule has 3 aromatic rings. The summed E-state index contributed by atoms with van der Waals surface area (Å²) in [6, 6.07) is 15.5. The molecule has 0 aliphatic carbocycles. The zero-order valence-electron chi connectivity index (χ0n) is 17.3. The first-order valence-electron chi connectivity index (χ1n) is 9.94. The quantitative estimate of drug-likeness (QED) is 0.372. The van der Waals surface area contributed by atoms with Gasteiger partial charge in [-0.05, 0) is 74.7 Å². The van der Waals surface area contributed by atoms with Crippen LogP contribution in [0.4, 0.5) is 0 Å². The largest absolute Gasteiger partial charge is 0.768 e. The van der Waals surface area contributed by atoms with Crippen molar-refractivity contribution in [2.75, 3.05) is 27.2 Å². The lowest BCUT2D eigenvalue weighted by Gasteiger charge is -2.19. The molecule has 1 aromatic heterocycles. The third kappa shape index (κ3) is 5.76. The molecular formula is C23H29N2O3S-. The van der Waals surface area contributed by atoms with Crippen molar-refractivity contribution in [2.24, 2.45) is 7.05 Å². The lowest BCUT2D eigenvalue weighted by Crippen LogP contribution is -2.16. The first-order chi connectivity index (χ1) is 14.0. The maximum absolute atomic E-state index is 11.1. The number of fused-ring (bicyclic) bond motifs is 1. The minimum absolute atomic E-state index is 0.00317. The van der Waals surface area contributed by atoms with E-state index in [9.17, 15) is 8.76 Å². The molecule has 6 heteroatoms. The summed E-state index contributed by atoms with van der Waals surface area (Å²) in [7, 11) is 6.21. The molecule has 0 bridgehead atoms. The Balaban J connectivity index is 1.76. The van der Waals surface area contributed by atoms with E-state index >= 15 is 0 Å². The van der Waals surface area contributed by atoms with Crippen LogP contribution in [0.2, 0.25) is 0 Å². The summed E-state index contributed by atoms with van der Waals surface area (Å²) >= 11 is -2.18. The second-order valence-corrected chi connectivity index (χ2v) is 8.59. The van der Waals surface area contributed by atoms with E-state index in [4.69, 9.17) is 4.74 Å². The number of aromatic nitrogens is 1. The van der Waals surface area contributed by atoms with Gasteiger partial charge in [0, 0.05) is 41.2 Å². The molecule has 2 atom stereocenters. The molecule has 29 heavy (non-hydrogen) atoms. The lowest BCUT2D eigenvalue weighted by molar-refractivity contribution is 0.0433. The smallest absolute Gasteiger partial charge is 0.0848 e. The molecule has 1 heterocycles. The van der Waals surface area contributed by atoms with Crippen molar-refractivity contribution in [2.45, 2.75) is 30.3 Å². The Morgan fingerprint density at radius 3 is 2.55 bits per heavy atom. The Kier molecular flexibility index (Phi) is 7.61. The average Bonchev–Trinajstić information content (AvgIpc) is 3.04. The summed E-state index contributed by atoms with van der Waals surface area (Å²) in [5.74, 6) is 0. The number of para-hydroxylation sites is 1. The van der Waals surface area contributed by atoms with Crippen molar-refractivity contribution in [3.8, 4) is 0 Å². The Morgan fingerprint density at radius 1 is 1.14 bits per heavy atom. The van der Waals surface area contributed by atoms with Crippen LogP contribution in [-0.2, 0) is 29.3 Å². The van der Waals surface area contributed by atoms with E-state index in [2.05, 4.69) is 61.1 Å². The van der Waals surface area contributed by atoms with Crippen LogP contribution in [0, 0.1) is 0 Å². The van der Waals surface area contributed by atoms with Crippen LogP contribution >= 0.6 is 0 Å². The highest BCUT2D eigenvalue weighted by Crippen LogP contribution is 2.31. The summed E-state index contributed by atoms with van der Waals surface area (Å²) in [5.41, 5.74) is 3.53. The first kappa shape index (κ1) is 21.7. The normalized spacial score (nSPS) is 13.8. The Morgan fingerprint density at radius 2 is 1.86 bits per heavy atom. The number of nitrogens with zero attached hydrogens (tertiary/aromatic N) is 2. The van der Waals surface area contributed by atoms with Gasteiger partial charge in [-0.25, -0.2) is 0 Å². The number of ether oxygens (including phenoxy) is 1. The van der Waals surface area contributed by atoms with Gasteiger partial charge in [0.2, 0.25) is 0 Å². The maximum Gasteiger partial charge on any atom is 0.0848 e. The minimum Gasteiger partial charge on any atom is -0.768 e. The van der Waals surface area contributed by atoms with Crippen molar-refractivity contribution in [1.82, 2.24) is 9.47 Å². The summed E-state index contributed by atoms with van der Waals surface area (Å²) in [4.78, 5) is 2.48. The maximum atomic E-state index is 11.1. The Labute approximate surface area is 175 Å². The number of aryl methyl sites for hydroxylation is 2. The molecule has 156 valence electrons. The van der Waals surface area contributed by atoms with E-state index in [1.165, 1.54) is 16.5 Å². The summed E-state index contributed by atoms with van der Waals surface area (Å²) in [6.07, 6.45) is 4.82. The fraction of sp³-hybridized carbons (Fsp3) is 0.391. The van der Waals surface area contributed by atoms with E-state index in [0.717, 1.165) is 31.4 Å². The molecule has 0 amide bonds. The Hall–Kier alpha value is -1.99.